The van der Waals surface area contributed by atoms with Crippen LogP contribution in [0.2, 0.25) is 0 Å². The molecule has 0 unspecified atom stereocenters. The molecule has 0 aliphatic carbocycles. The molecule has 2 rings (SSSR count). The fourth-order valence-corrected chi connectivity index (χ4v) is 3.21. The van der Waals surface area contributed by atoms with Crippen LogP contribution in [0.15, 0.2) is 22.5 Å². The van der Waals surface area contributed by atoms with E-state index >= 15 is 0 Å². The molecule has 24 heavy (non-hydrogen) atoms. The molecule has 134 valence electrons. The first-order valence-corrected chi connectivity index (χ1v) is 8.91. The van der Waals surface area contributed by atoms with Crippen molar-refractivity contribution in [2.24, 2.45) is 12.0 Å². The van der Waals surface area contributed by atoms with Crippen LogP contribution in [0.4, 0.5) is 0 Å². The lowest BCUT2D eigenvalue weighted by molar-refractivity contribution is 0.486. The van der Waals surface area contributed by atoms with Crippen molar-refractivity contribution in [2.75, 3.05) is 20.1 Å². The van der Waals surface area contributed by atoms with E-state index in [0.717, 1.165) is 31.2 Å². The van der Waals surface area contributed by atoms with E-state index in [9.17, 15) is 0 Å². The summed E-state index contributed by atoms with van der Waals surface area (Å²) in [7, 11) is 4.08. The molecule has 2 aromatic heterocycles. The van der Waals surface area contributed by atoms with Gasteiger partial charge in [-0.25, -0.2) is 4.99 Å². The standard InChI is InChI=1S/C17H27N5S.HI/c1-6-18-17(21(4)10-9-15-8-7-11-23-15)19-12-16-13(2)20-22(5)14(16)3;/h7-8,11H,6,9-10,12H2,1-5H3,(H,18,19);1H. The third kappa shape index (κ3) is 5.47. The zero-order chi connectivity index (χ0) is 16.8. The highest BCUT2D eigenvalue weighted by Gasteiger charge is 2.11. The van der Waals surface area contributed by atoms with Crippen molar-refractivity contribution in [3.8, 4) is 0 Å². The van der Waals surface area contributed by atoms with Crippen LogP contribution in [0, 0.1) is 13.8 Å². The molecule has 0 atom stereocenters. The monoisotopic (exact) mass is 461 g/mol. The van der Waals surface area contributed by atoms with Crippen LogP contribution in [0.1, 0.15) is 28.8 Å². The molecule has 1 N–H and O–H groups in total. The van der Waals surface area contributed by atoms with Gasteiger partial charge < -0.3 is 10.2 Å². The summed E-state index contributed by atoms with van der Waals surface area (Å²) >= 11 is 1.81. The predicted octanol–water partition coefficient (Wildman–Crippen LogP) is 3.36. The van der Waals surface area contributed by atoms with Gasteiger partial charge in [0.2, 0.25) is 0 Å². The Labute approximate surface area is 166 Å². The minimum atomic E-state index is 0. The quantitative estimate of drug-likeness (QED) is 0.408. The fourth-order valence-electron chi connectivity index (χ4n) is 2.51. The molecule has 0 aromatic carbocycles. The second-order valence-electron chi connectivity index (χ2n) is 5.69. The van der Waals surface area contributed by atoms with Gasteiger partial charge in [0.05, 0.1) is 12.2 Å². The van der Waals surface area contributed by atoms with E-state index in [0.29, 0.717) is 6.54 Å². The van der Waals surface area contributed by atoms with E-state index in [1.165, 1.54) is 16.1 Å². The van der Waals surface area contributed by atoms with E-state index in [1.807, 2.05) is 30.0 Å². The predicted molar refractivity (Wildman–Crippen MR) is 114 cm³/mol. The molecule has 0 aliphatic heterocycles. The highest BCUT2D eigenvalue weighted by molar-refractivity contribution is 14.0. The molecule has 5 nitrogen and oxygen atoms in total. The largest absolute Gasteiger partial charge is 0.357 e. The minimum Gasteiger partial charge on any atom is -0.357 e. The maximum absolute atomic E-state index is 4.80. The number of halogens is 1. The average Bonchev–Trinajstić information content (AvgIpc) is 3.12. The maximum atomic E-state index is 4.80. The molecular weight excluding hydrogens is 433 g/mol. The summed E-state index contributed by atoms with van der Waals surface area (Å²) in [6, 6.07) is 4.29. The Kier molecular flexibility index (Phi) is 8.75. The van der Waals surface area contributed by atoms with Crippen LogP contribution >= 0.6 is 35.3 Å². The topological polar surface area (TPSA) is 45.5 Å². The zero-order valence-electron chi connectivity index (χ0n) is 15.2. The molecule has 0 aliphatic rings. The van der Waals surface area contributed by atoms with Crippen LogP contribution < -0.4 is 5.32 Å². The Bertz CT molecular complexity index is 648. The Balaban J connectivity index is 0.00000288. The lowest BCUT2D eigenvalue weighted by Crippen LogP contribution is -2.39. The molecule has 0 saturated heterocycles. The number of nitrogens with one attached hydrogen (secondary N) is 1. The highest BCUT2D eigenvalue weighted by atomic mass is 127. The van der Waals surface area contributed by atoms with E-state index in [-0.39, 0.29) is 24.0 Å². The highest BCUT2D eigenvalue weighted by Crippen LogP contribution is 2.13. The van der Waals surface area contributed by atoms with Gasteiger partial charge in [-0.2, -0.15) is 5.10 Å². The first kappa shape index (κ1) is 21.0. The van der Waals surface area contributed by atoms with Gasteiger partial charge in [-0.15, -0.1) is 35.3 Å². The van der Waals surface area contributed by atoms with Crippen molar-refractivity contribution in [1.82, 2.24) is 20.0 Å². The van der Waals surface area contributed by atoms with Crippen LogP contribution in [-0.4, -0.2) is 40.8 Å². The number of thiophene rings is 1. The van der Waals surface area contributed by atoms with Gasteiger partial charge in [0, 0.05) is 43.3 Å². The summed E-state index contributed by atoms with van der Waals surface area (Å²) in [5, 5.41) is 9.97. The van der Waals surface area contributed by atoms with Crippen LogP contribution in [0.25, 0.3) is 0 Å². The smallest absolute Gasteiger partial charge is 0.193 e. The van der Waals surface area contributed by atoms with E-state index in [1.54, 1.807) is 0 Å². The van der Waals surface area contributed by atoms with Gasteiger partial charge in [-0.3, -0.25) is 4.68 Å². The first-order valence-electron chi connectivity index (χ1n) is 8.03. The third-order valence-electron chi connectivity index (χ3n) is 4.02. The van der Waals surface area contributed by atoms with Crippen molar-refractivity contribution in [3.63, 3.8) is 0 Å². The number of rotatable bonds is 6. The number of hydrogen-bond donors (Lipinski definition) is 1. The van der Waals surface area contributed by atoms with E-state index in [2.05, 4.69) is 53.7 Å². The van der Waals surface area contributed by atoms with Gasteiger partial charge in [0.1, 0.15) is 0 Å². The zero-order valence-corrected chi connectivity index (χ0v) is 18.3. The van der Waals surface area contributed by atoms with Gasteiger partial charge in [-0.1, -0.05) is 6.07 Å². The number of likely N-dealkylation sites (N-methyl/N-ethyl adjacent to an activating group) is 1. The van der Waals surface area contributed by atoms with Crippen LogP contribution in [0.3, 0.4) is 0 Å². The summed E-state index contributed by atoms with van der Waals surface area (Å²) in [4.78, 5) is 8.41. The Hall–Kier alpha value is -1.09. The molecule has 0 spiro atoms. The van der Waals surface area contributed by atoms with Crippen molar-refractivity contribution >= 4 is 41.3 Å². The number of hydrogen-bond acceptors (Lipinski definition) is 3. The second kappa shape index (κ2) is 10.0. The normalized spacial score (nSPS) is 11.3. The summed E-state index contributed by atoms with van der Waals surface area (Å²) < 4.78 is 1.92. The lowest BCUT2D eigenvalue weighted by atomic mass is 10.2. The summed E-state index contributed by atoms with van der Waals surface area (Å²) in [6.45, 7) is 8.73. The van der Waals surface area contributed by atoms with Gasteiger partial charge in [-0.05, 0) is 38.6 Å². The van der Waals surface area contributed by atoms with Crippen molar-refractivity contribution in [3.05, 3.63) is 39.3 Å². The number of guanidine groups is 1. The lowest BCUT2D eigenvalue weighted by Gasteiger charge is -2.21. The molecule has 0 radical (unpaired) electrons. The summed E-state index contributed by atoms with van der Waals surface area (Å²) in [5.41, 5.74) is 3.46. The SMILES string of the molecule is CCNC(=NCc1c(C)nn(C)c1C)N(C)CCc1cccs1.I. The molecule has 0 fully saturated rings. The van der Waals surface area contributed by atoms with Gasteiger partial charge in [0.15, 0.2) is 5.96 Å². The Morgan fingerprint density at radius 1 is 1.42 bits per heavy atom. The van der Waals surface area contributed by atoms with Crippen LogP contribution in [-0.2, 0) is 20.0 Å². The Morgan fingerprint density at radius 2 is 2.17 bits per heavy atom. The third-order valence-corrected chi connectivity index (χ3v) is 4.95. The number of aryl methyl sites for hydroxylation is 2. The van der Waals surface area contributed by atoms with Crippen molar-refractivity contribution < 1.29 is 0 Å². The molecule has 0 bridgehead atoms. The maximum Gasteiger partial charge on any atom is 0.193 e. The molecule has 0 saturated carbocycles. The van der Waals surface area contributed by atoms with E-state index < -0.39 is 0 Å². The molecule has 2 aromatic rings. The fraction of sp³-hybridized carbons (Fsp3) is 0.529. The van der Waals surface area contributed by atoms with Crippen molar-refractivity contribution in [1.29, 1.82) is 0 Å². The molecule has 2 heterocycles. The average molecular weight is 461 g/mol. The number of aromatic nitrogens is 2. The minimum absolute atomic E-state index is 0. The second-order valence-corrected chi connectivity index (χ2v) is 6.73. The summed E-state index contributed by atoms with van der Waals surface area (Å²) in [6.07, 6.45) is 1.05. The number of nitrogens with zero attached hydrogens (tertiary/aromatic N) is 4. The summed E-state index contributed by atoms with van der Waals surface area (Å²) in [5.74, 6) is 0.951. The first-order chi connectivity index (χ1) is 11.0. The van der Waals surface area contributed by atoms with Crippen LogP contribution in [0.5, 0.6) is 0 Å². The van der Waals surface area contributed by atoms with Crippen molar-refractivity contribution in [2.45, 2.75) is 33.7 Å². The van der Waals surface area contributed by atoms with E-state index in [4.69, 9.17) is 4.99 Å². The van der Waals surface area contributed by atoms with Gasteiger partial charge in [0.25, 0.3) is 0 Å². The molecule has 7 heteroatoms. The van der Waals surface area contributed by atoms with Gasteiger partial charge >= 0.3 is 0 Å². The molecular formula is C17H28IN5S. The Morgan fingerprint density at radius 3 is 2.71 bits per heavy atom. The number of aliphatic imine (C=N–C) groups is 1. The molecule has 0 amide bonds.